The normalized spacial score (nSPS) is 11.1. The second-order valence-electron chi connectivity index (χ2n) is 5.47. The van der Waals surface area contributed by atoms with Gasteiger partial charge in [0.15, 0.2) is 0 Å². The van der Waals surface area contributed by atoms with Gasteiger partial charge in [0.05, 0.1) is 10.6 Å². The molecule has 0 saturated heterocycles. The Balaban J connectivity index is 1.73. The van der Waals surface area contributed by atoms with Crippen LogP contribution in [-0.4, -0.2) is 16.0 Å². The fourth-order valence-electron chi connectivity index (χ4n) is 2.26. The molecule has 0 saturated carbocycles. The summed E-state index contributed by atoms with van der Waals surface area (Å²) in [5, 5.41) is 9.83. The van der Waals surface area contributed by atoms with E-state index in [0.717, 1.165) is 5.75 Å². The minimum absolute atomic E-state index is 0.439. The Morgan fingerprint density at radius 1 is 1.00 bits per heavy atom. The molecule has 0 atom stereocenters. The van der Waals surface area contributed by atoms with Crippen LogP contribution in [0.2, 0.25) is 10.0 Å². The van der Waals surface area contributed by atoms with Crippen molar-refractivity contribution in [2.75, 3.05) is 5.75 Å². The van der Waals surface area contributed by atoms with Gasteiger partial charge in [-0.3, -0.25) is 0 Å². The Hall–Kier alpha value is -0.710. The van der Waals surface area contributed by atoms with Crippen molar-refractivity contribution in [2.24, 2.45) is 0 Å². The SMILES string of the molecule is CCCCCCCCCSc1nnc(-c2ccc(Cl)cc2Cl)o1. The molecule has 0 unspecified atom stereocenters. The molecule has 6 heteroatoms. The zero-order valence-corrected chi connectivity index (χ0v) is 15.7. The highest BCUT2D eigenvalue weighted by Crippen LogP contribution is 2.31. The molecule has 0 N–H and O–H groups in total. The number of unbranched alkanes of at least 4 members (excludes halogenated alkanes) is 6. The number of rotatable bonds is 10. The summed E-state index contributed by atoms with van der Waals surface area (Å²) >= 11 is 13.6. The van der Waals surface area contributed by atoms with Gasteiger partial charge in [-0.25, -0.2) is 0 Å². The first-order chi connectivity index (χ1) is 11.2. The van der Waals surface area contributed by atoms with Gasteiger partial charge in [0.2, 0.25) is 5.89 Å². The Labute approximate surface area is 152 Å². The molecule has 0 amide bonds. The molecule has 2 aromatic rings. The average Bonchev–Trinajstić information content (AvgIpc) is 2.98. The van der Waals surface area contributed by atoms with Crippen molar-refractivity contribution in [2.45, 2.75) is 57.1 Å². The molecule has 0 radical (unpaired) electrons. The number of aromatic nitrogens is 2. The molecule has 0 aliphatic rings. The molecule has 1 aromatic carbocycles. The van der Waals surface area contributed by atoms with Gasteiger partial charge in [-0.05, 0) is 24.6 Å². The molecule has 0 bridgehead atoms. The van der Waals surface area contributed by atoms with Gasteiger partial charge >= 0.3 is 0 Å². The van der Waals surface area contributed by atoms with Crippen LogP contribution in [0.4, 0.5) is 0 Å². The summed E-state index contributed by atoms with van der Waals surface area (Å²) in [5.74, 6) is 1.44. The molecule has 0 spiro atoms. The molecule has 23 heavy (non-hydrogen) atoms. The Morgan fingerprint density at radius 2 is 1.74 bits per heavy atom. The van der Waals surface area contributed by atoms with Gasteiger partial charge in [0.1, 0.15) is 0 Å². The number of hydrogen-bond donors (Lipinski definition) is 0. The van der Waals surface area contributed by atoms with Crippen molar-refractivity contribution in [1.82, 2.24) is 10.2 Å². The summed E-state index contributed by atoms with van der Waals surface area (Å²) in [4.78, 5) is 0. The first kappa shape index (κ1) is 18.6. The number of benzene rings is 1. The smallest absolute Gasteiger partial charge is 0.276 e. The van der Waals surface area contributed by atoms with Crippen LogP contribution >= 0.6 is 35.0 Å². The van der Waals surface area contributed by atoms with Crippen LogP contribution in [0.15, 0.2) is 27.8 Å². The summed E-state index contributed by atoms with van der Waals surface area (Å²) in [6, 6.07) is 5.23. The predicted molar refractivity (Wildman–Crippen MR) is 98.5 cm³/mol. The van der Waals surface area contributed by atoms with Crippen LogP contribution in [0.25, 0.3) is 11.5 Å². The van der Waals surface area contributed by atoms with Crippen LogP contribution in [0.5, 0.6) is 0 Å². The molecule has 1 aromatic heterocycles. The summed E-state index contributed by atoms with van der Waals surface area (Å²) in [7, 11) is 0. The van der Waals surface area contributed by atoms with E-state index in [2.05, 4.69) is 17.1 Å². The highest BCUT2D eigenvalue weighted by atomic mass is 35.5. The molecule has 0 aliphatic heterocycles. The quantitative estimate of drug-likeness (QED) is 0.336. The van der Waals surface area contributed by atoms with E-state index in [-0.39, 0.29) is 0 Å². The summed E-state index contributed by atoms with van der Waals surface area (Å²) in [6.07, 6.45) is 9.11. The maximum absolute atomic E-state index is 6.15. The third-order valence-electron chi connectivity index (χ3n) is 3.54. The van der Waals surface area contributed by atoms with E-state index in [9.17, 15) is 0 Å². The Bertz CT molecular complexity index is 604. The van der Waals surface area contributed by atoms with E-state index in [1.165, 1.54) is 44.9 Å². The third kappa shape index (κ3) is 6.36. The van der Waals surface area contributed by atoms with Gasteiger partial charge < -0.3 is 4.42 Å². The first-order valence-electron chi connectivity index (χ1n) is 8.12. The van der Waals surface area contributed by atoms with Crippen molar-refractivity contribution in [3.8, 4) is 11.5 Å². The van der Waals surface area contributed by atoms with Crippen molar-refractivity contribution >= 4 is 35.0 Å². The minimum atomic E-state index is 0.439. The topological polar surface area (TPSA) is 38.9 Å². The van der Waals surface area contributed by atoms with Crippen molar-refractivity contribution in [3.63, 3.8) is 0 Å². The number of nitrogens with zero attached hydrogens (tertiary/aromatic N) is 2. The fourth-order valence-corrected chi connectivity index (χ4v) is 3.51. The lowest BCUT2D eigenvalue weighted by atomic mass is 10.1. The van der Waals surface area contributed by atoms with Crippen molar-refractivity contribution in [1.29, 1.82) is 0 Å². The third-order valence-corrected chi connectivity index (χ3v) is 4.99. The second kappa shape index (κ2) is 10.2. The summed E-state index contributed by atoms with van der Waals surface area (Å²) in [6.45, 7) is 2.24. The lowest BCUT2D eigenvalue weighted by Crippen LogP contribution is -1.83. The van der Waals surface area contributed by atoms with Crippen molar-refractivity contribution < 1.29 is 4.42 Å². The first-order valence-corrected chi connectivity index (χ1v) is 9.86. The van der Waals surface area contributed by atoms with Crippen LogP contribution in [0.1, 0.15) is 51.9 Å². The summed E-state index contributed by atoms with van der Waals surface area (Å²) < 4.78 is 5.66. The van der Waals surface area contributed by atoms with Gasteiger partial charge in [0, 0.05) is 10.8 Å². The standard InChI is InChI=1S/C17H22Cl2N2OS/c1-2-3-4-5-6-7-8-11-23-17-21-20-16(22-17)14-10-9-13(18)12-15(14)19/h9-10,12H,2-8,11H2,1H3. The molecule has 0 aliphatic carbocycles. The van der Waals surface area contributed by atoms with Gasteiger partial charge in [-0.2, -0.15) is 0 Å². The lowest BCUT2D eigenvalue weighted by molar-refractivity contribution is 0.465. The average molecular weight is 373 g/mol. The number of thioether (sulfide) groups is 1. The largest absolute Gasteiger partial charge is 0.411 e. The zero-order chi connectivity index (χ0) is 16.5. The van der Waals surface area contributed by atoms with Gasteiger partial charge in [-0.15, -0.1) is 10.2 Å². The lowest BCUT2D eigenvalue weighted by Gasteiger charge is -2.00. The Kier molecular flexibility index (Phi) is 8.27. The van der Waals surface area contributed by atoms with E-state index in [4.69, 9.17) is 27.6 Å². The van der Waals surface area contributed by atoms with E-state index in [0.29, 0.717) is 26.7 Å². The van der Waals surface area contributed by atoms with Crippen LogP contribution in [0.3, 0.4) is 0 Å². The monoisotopic (exact) mass is 372 g/mol. The fraction of sp³-hybridized carbons (Fsp3) is 0.529. The van der Waals surface area contributed by atoms with Gasteiger partial charge in [0.25, 0.3) is 5.22 Å². The maximum atomic E-state index is 6.15. The van der Waals surface area contributed by atoms with Crippen LogP contribution < -0.4 is 0 Å². The molecular weight excluding hydrogens is 351 g/mol. The minimum Gasteiger partial charge on any atom is -0.411 e. The summed E-state index contributed by atoms with van der Waals surface area (Å²) in [5.41, 5.74) is 0.714. The highest BCUT2D eigenvalue weighted by Gasteiger charge is 2.12. The highest BCUT2D eigenvalue weighted by molar-refractivity contribution is 7.99. The number of halogens is 2. The van der Waals surface area contributed by atoms with Crippen molar-refractivity contribution in [3.05, 3.63) is 28.2 Å². The molecule has 0 fully saturated rings. The Morgan fingerprint density at radius 3 is 2.48 bits per heavy atom. The second-order valence-corrected chi connectivity index (χ2v) is 7.36. The van der Waals surface area contributed by atoms with E-state index in [1.54, 1.807) is 30.0 Å². The molecular formula is C17H22Cl2N2OS. The van der Waals surface area contributed by atoms with E-state index < -0.39 is 0 Å². The van der Waals surface area contributed by atoms with E-state index in [1.807, 2.05) is 0 Å². The molecule has 1 heterocycles. The van der Waals surface area contributed by atoms with Gasteiger partial charge in [-0.1, -0.05) is 80.4 Å². The molecule has 2 rings (SSSR count). The molecule has 126 valence electrons. The zero-order valence-electron chi connectivity index (χ0n) is 13.4. The van der Waals surface area contributed by atoms with Crippen LogP contribution in [-0.2, 0) is 0 Å². The predicted octanol–water partition coefficient (Wildman–Crippen LogP) is 6.89. The molecule has 3 nitrogen and oxygen atoms in total. The number of hydrogen-bond acceptors (Lipinski definition) is 4. The van der Waals surface area contributed by atoms with E-state index >= 15 is 0 Å². The maximum Gasteiger partial charge on any atom is 0.276 e. The van der Waals surface area contributed by atoms with Crippen LogP contribution in [0, 0.1) is 0 Å².